The third kappa shape index (κ3) is 45.1. The molecule has 2 N–H and O–H groups in total. The third-order valence-corrected chi connectivity index (χ3v) is 8.05. The molecule has 0 amide bonds. The van der Waals surface area contributed by atoms with Crippen LogP contribution in [-0.2, 0) is 14.6 Å². The first-order chi connectivity index (χ1) is 19.0. The van der Waals surface area contributed by atoms with Gasteiger partial charge in [0.2, 0.25) is 0 Å². The molecular weight excluding hydrogens is 506 g/mol. The summed E-state index contributed by atoms with van der Waals surface area (Å²) in [6, 6.07) is 0. The number of unbranched alkanes of at least 4 members (excludes halogenated alkanes) is 26. The zero-order valence-corrected chi connectivity index (χ0v) is 27.6. The van der Waals surface area contributed by atoms with E-state index in [-0.39, 0.29) is 0 Å². The molecule has 0 fully saturated rings. The predicted molar refractivity (Wildman–Crippen MR) is 172 cm³/mol. The SMILES string of the molecule is CCCCCCCCCCCCCCCCNCCCCCCCCCCCCCCCC.COS(=O)(=O)O. The van der Waals surface area contributed by atoms with Crippen LogP contribution in [0, 0.1) is 0 Å². The third-order valence-electron chi connectivity index (χ3n) is 7.62. The molecule has 0 aromatic carbocycles. The van der Waals surface area contributed by atoms with Gasteiger partial charge in [-0.15, -0.1) is 0 Å². The van der Waals surface area contributed by atoms with Crippen molar-refractivity contribution in [2.45, 2.75) is 194 Å². The molecule has 0 atom stereocenters. The molecule has 6 heteroatoms. The Bertz CT molecular complexity index is 498. The second-order valence-electron chi connectivity index (χ2n) is 11.5. The van der Waals surface area contributed by atoms with Crippen molar-refractivity contribution >= 4 is 10.4 Å². The van der Waals surface area contributed by atoms with E-state index in [4.69, 9.17) is 4.55 Å². The Kier molecular flexibility index (Phi) is 37.7. The molecule has 0 radical (unpaired) electrons. The van der Waals surface area contributed by atoms with Crippen molar-refractivity contribution in [2.24, 2.45) is 0 Å². The summed E-state index contributed by atoms with van der Waals surface area (Å²) < 4.78 is 29.7. The lowest BCUT2D eigenvalue weighted by Gasteiger charge is -2.06. The largest absolute Gasteiger partial charge is 0.397 e. The number of hydrogen-bond acceptors (Lipinski definition) is 4. The first kappa shape index (κ1) is 41.0. The van der Waals surface area contributed by atoms with Crippen molar-refractivity contribution < 1.29 is 17.2 Å². The monoisotopic (exact) mass is 578 g/mol. The summed E-state index contributed by atoms with van der Waals surface area (Å²) in [7, 11) is -3.29. The van der Waals surface area contributed by atoms with Gasteiger partial charge in [-0.25, -0.2) is 0 Å². The van der Waals surface area contributed by atoms with Gasteiger partial charge in [0.15, 0.2) is 0 Å². The molecule has 0 unspecified atom stereocenters. The van der Waals surface area contributed by atoms with Gasteiger partial charge in [0, 0.05) is 0 Å². The molecule has 0 aliphatic heterocycles. The van der Waals surface area contributed by atoms with E-state index in [0.717, 1.165) is 7.11 Å². The molecule has 0 rings (SSSR count). The van der Waals surface area contributed by atoms with Crippen molar-refractivity contribution in [3.63, 3.8) is 0 Å². The summed E-state index contributed by atoms with van der Waals surface area (Å²) in [5.41, 5.74) is 0. The van der Waals surface area contributed by atoms with E-state index in [0.29, 0.717) is 0 Å². The first-order valence-corrected chi connectivity index (χ1v) is 18.6. The lowest BCUT2D eigenvalue weighted by atomic mass is 10.0. The van der Waals surface area contributed by atoms with E-state index in [1.165, 1.54) is 193 Å². The highest BCUT2D eigenvalue weighted by molar-refractivity contribution is 7.80. The quantitative estimate of drug-likeness (QED) is 0.0633. The standard InChI is InChI=1S/C32H67N.CH4O4S/c1-3-5-7-9-11-13-15-17-19-21-23-25-27-29-31-33-32-30-28-26-24-22-20-18-16-14-12-10-8-6-4-2;1-5-6(2,3)4/h33H,3-32H2,1-2H3;1H3,(H,2,3,4). The fourth-order valence-electron chi connectivity index (χ4n) is 5.01. The summed E-state index contributed by atoms with van der Waals surface area (Å²) in [6.07, 6.45) is 40.7. The molecule has 0 heterocycles. The lowest BCUT2D eigenvalue weighted by Crippen LogP contribution is -2.16. The van der Waals surface area contributed by atoms with Crippen LogP contribution in [-0.4, -0.2) is 33.2 Å². The minimum Gasteiger partial charge on any atom is -0.317 e. The summed E-state index contributed by atoms with van der Waals surface area (Å²) in [4.78, 5) is 0. The fourth-order valence-corrected chi connectivity index (χ4v) is 5.01. The van der Waals surface area contributed by atoms with Crippen LogP contribution in [0.2, 0.25) is 0 Å². The Labute approximate surface area is 246 Å². The van der Waals surface area contributed by atoms with Crippen LogP contribution in [0.3, 0.4) is 0 Å². The molecule has 0 bridgehead atoms. The molecule has 0 aliphatic rings. The number of hydrogen-bond donors (Lipinski definition) is 2. The Hall–Kier alpha value is -0.170. The highest BCUT2D eigenvalue weighted by Gasteiger charge is 1.96. The van der Waals surface area contributed by atoms with E-state index in [9.17, 15) is 8.42 Å². The van der Waals surface area contributed by atoms with Crippen LogP contribution in [0.1, 0.15) is 194 Å². The van der Waals surface area contributed by atoms with Crippen molar-refractivity contribution in [1.29, 1.82) is 0 Å². The van der Waals surface area contributed by atoms with Crippen molar-refractivity contribution in [3.05, 3.63) is 0 Å². The Morgan fingerprint density at radius 1 is 0.436 bits per heavy atom. The van der Waals surface area contributed by atoms with Gasteiger partial charge in [-0.1, -0.05) is 181 Å². The van der Waals surface area contributed by atoms with Gasteiger partial charge in [-0.05, 0) is 25.9 Å². The summed E-state index contributed by atoms with van der Waals surface area (Å²) in [5, 5.41) is 3.67. The van der Waals surface area contributed by atoms with Gasteiger partial charge >= 0.3 is 10.4 Å². The minimum absolute atomic E-state index is 0.870. The molecule has 0 aliphatic carbocycles. The highest BCUT2D eigenvalue weighted by atomic mass is 32.3. The van der Waals surface area contributed by atoms with E-state index in [2.05, 4.69) is 23.3 Å². The average molecular weight is 578 g/mol. The van der Waals surface area contributed by atoms with Crippen molar-refractivity contribution in [3.8, 4) is 0 Å². The summed E-state index contributed by atoms with van der Waals surface area (Å²) in [5.74, 6) is 0. The van der Waals surface area contributed by atoms with Crippen LogP contribution >= 0.6 is 0 Å². The van der Waals surface area contributed by atoms with Gasteiger partial charge in [0.25, 0.3) is 0 Å². The zero-order valence-electron chi connectivity index (χ0n) is 26.8. The summed E-state index contributed by atoms with van der Waals surface area (Å²) in [6.45, 7) is 7.10. The second-order valence-corrected chi connectivity index (χ2v) is 12.7. The van der Waals surface area contributed by atoms with Gasteiger partial charge in [-0.3, -0.25) is 8.74 Å². The van der Waals surface area contributed by atoms with Crippen LogP contribution in [0.4, 0.5) is 0 Å². The van der Waals surface area contributed by atoms with Crippen LogP contribution < -0.4 is 5.32 Å². The highest BCUT2D eigenvalue weighted by Crippen LogP contribution is 2.14. The maximum atomic E-state index is 9.33. The molecule has 5 nitrogen and oxygen atoms in total. The molecule has 0 aromatic heterocycles. The normalized spacial score (nSPS) is 11.5. The molecular formula is C33H71NO4S. The molecule has 0 saturated heterocycles. The maximum absolute atomic E-state index is 9.33. The van der Waals surface area contributed by atoms with Crippen LogP contribution in [0.15, 0.2) is 0 Å². The Balaban J connectivity index is 0. The smallest absolute Gasteiger partial charge is 0.317 e. The average Bonchev–Trinajstić information content (AvgIpc) is 2.92. The topological polar surface area (TPSA) is 75.6 Å². The minimum atomic E-state index is -4.16. The first-order valence-electron chi connectivity index (χ1n) is 17.2. The molecule has 238 valence electrons. The molecule has 39 heavy (non-hydrogen) atoms. The fraction of sp³-hybridized carbons (Fsp3) is 1.00. The van der Waals surface area contributed by atoms with Gasteiger partial charge < -0.3 is 5.32 Å². The second kappa shape index (κ2) is 35.9. The van der Waals surface area contributed by atoms with Gasteiger partial charge in [-0.2, -0.15) is 8.42 Å². The summed E-state index contributed by atoms with van der Waals surface area (Å²) >= 11 is 0. The predicted octanol–water partition coefficient (Wildman–Crippen LogP) is 11.0. The van der Waals surface area contributed by atoms with E-state index >= 15 is 0 Å². The van der Waals surface area contributed by atoms with Crippen molar-refractivity contribution in [2.75, 3.05) is 20.2 Å². The van der Waals surface area contributed by atoms with E-state index < -0.39 is 10.4 Å². The molecule has 0 saturated carbocycles. The number of nitrogens with one attached hydrogen (secondary N) is 1. The zero-order chi connectivity index (χ0) is 29.1. The van der Waals surface area contributed by atoms with E-state index in [1.807, 2.05) is 0 Å². The maximum Gasteiger partial charge on any atom is 0.397 e. The van der Waals surface area contributed by atoms with Gasteiger partial charge in [0.05, 0.1) is 7.11 Å². The Morgan fingerprint density at radius 3 is 0.795 bits per heavy atom. The van der Waals surface area contributed by atoms with Crippen LogP contribution in [0.5, 0.6) is 0 Å². The van der Waals surface area contributed by atoms with Gasteiger partial charge in [0.1, 0.15) is 0 Å². The Morgan fingerprint density at radius 2 is 0.615 bits per heavy atom. The van der Waals surface area contributed by atoms with E-state index in [1.54, 1.807) is 0 Å². The molecule has 0 spiro atoms. The van der Waals surface area contributed by atoms with Crippen molar-refractivity contribution in [1.82, 2.24) is 5.32 Å². The lowest BCUT2D eigenvalue weighted by molar-refractivity contribution is 0.324. The number of rotatable bonds is 31. The molecule has 0 aromatic rings. The van der Waals surface area contributed by atoms with Crippen LogP contribution in [0.25, 0.3) is 0 Å².